The number of hydrogen-bond acceptors (Lipinski definition) is 1. The highest BCUT2D eigenvalue weighted by atomic mass is 79.9. The summed E-state index contributed by atoms with van der Waals surface area (Å²) in [4.78, 5) is 1.77. The van der Waals surface area contributed by atoms with E-state index >= 15 is 0 Å². The molecule has 1 rings (SSSR count). The Labute approximate surface area is 71.0 Å². The maximum atomic E-state index is 8.62. The van der Waals surface area contributed by atoms with E-state index in [1.54, 1.807) is 4.99 Å². The zero-order chi connectivity index (χ0) is 6.91. The van der Waals surface area contributed by atoms with Crippen LogP contribution in [0, 0.1) is 16.7 Å². The van der Waals surface area contributed by atoms with E-state index in [1.807, 2.05) is 0 Å². The second-order valence-corrected chi connectivity index (χ2v) is 3.46. The fourth-order valence-electron chi connectivity index (χ4n) is 0.633. The van der Waals surface area contributed by atoms with Crippen LogP contribution in [-0.4, -0.2) is 0 Å². The molecule has 1 aliphatic carbocycles. The predicted molar refractivity (Wildman–Crippen MR) is 43.2 cm³/mol. The highest BCUT2D eigenvalue weighted by molar-refractivity contribution is 9.14. The number of nitriles is 1. The average Bonchev–Trinajstić information content (AvgIpc) is 2.66. The smallest absolute Gasteiger partial charge is 0.0893 e. The van der Waals surface area contributed by atoms with Crippen LogP contribution in [0.3, 0.4) is 0 Å². The van der Waals surface area contributed by atoms with Crippen molar-refractivity contribution in [3.63, 3.8) is 0 Å². The molecule has 0 radical (unpaired) electrons. The summed E-state index contributed by atoms with van der Waals surface area (Å²) < 4.78 is 0.970. The molecule has 48 valence electrons. The van der Waals surface area contributed by atoms with Gasteiger partial charge in [0.05, 0.1) is 11.5 Å². The Kier molecular flexibility index (Phi) is 1.97. The molecule has 1 saturated carbocycles. The molecule has 0 atom stereocenters. The first-order chi connectivity index (χ1) is 4.25. The second kappa shape index (κ2) is 2.43. The molecule has 1 aliphatic rings. The van der Waals surface area contributed by atoms with Gasteiger partial charge in [0.2, 0.25) is 0 Å². The van der Waals surface area contributed by atoms with E-state index in [1.165, 1.54) is 0 Å². The van der Waals surface area contributed by atoms with E-state index in [0.29, 0.717) is 0 Å². The Balaban J connectivity index is 2.75. The molecule has 0 saturated heterocycles. The van der Waals surface area contributed by atoms with Crippen molar-refractivity contribution >= 4 is 31.9 Å². The summed E-state index contributed by atoms with van der Waals surface area (Å²) in [7, 11) is 0. The van der Waals surface area contributed by atoms with Crippen LogP contribution in [0.25, 0.3) is 0 Å². The zero-order valence-corrected chi connectivity index (χ0v) is 7.87. The molecule has 0 aliphatic heterocycles. The fraction of sp³-hybridized carbons (Fsp3) is 0.500. The Morgan fingerprint density at radius 2 is 2.22 bits per heavy atom. The van der Waals surface area contributed by atoms with Gasteiger partial charge in [0.15, 0.2) is 0 Å². The Bertz CT molecular complexity index is 186. The minimum absolute atomic E-state index is 0.163. The molecule has 3 heteroatoms. The van der Waals surface area contributed by atoms with Crippen LogP contribution in [0.2, 0.25) is 0 Å². The normalized spacial score (nSPS) is 23.0. The van der Waals surface area contributed by atoms with Crippen molar-refractivity contribution in [2.75, 3.05) is 0 Å². The van der Waals surface area contributed by atoms with Crippen molar-refractivity contribution in [1.29, 1.82) is 5.26 Å². The Hall–Kier alpha value is 0.190. The van der Waals surface area contributed by atoms with Crippen LogP contribution in [-0.2, 0) is 0 Å². The lowest BCUT2D eigenvalue weighted by atomic mass is 10.1. The predicted octanol–water partition coefficient (Wildman–Crippen LogP) is 2.92. The van der Waals surface area contributed by atoms with Gasteiger partial charge >= 0.3 is 0 Å². The summed E-state index contributed by atoms with van der Waals surface area (Å²) in [5.41, 5.74) is -0.163. The van der Waals surface area contributed by atoms with E-state index in [9.17, 15) is 0 Å². The van der Waals surface area contributed by atoms with Crippen LogP contribution in [0.5, 0.6) is 0 Å². The molecule has 0 aromatic heterocycles. The van der Waals surface area contributed by atoms with E-state index in [0.717, 1.165) is 17.3 Å². The Morgan fingerprint density at radius 3 is 2.33 bits per heavy atom. The molecular formula is C6H5Br2N. The van der Waals surface area contributed by atoms with Crippen LogP contribution >= 0.6 is 31.9 Å². The van der Waals surface area contributed by atoms with Crippen molar-refractivity contribution in [3.05, 3.63) is 9.47 Å². The van der Waals surface area contributed by atoms with Gasteiger partial charge in [0.1, 0.15) is 0 Å². The number of rotatable bonds is 1. The van der Waals surface area contributed by atoms with E-state index in [4.69, 9.17) is 5.26 Å². The molecule has 0 unspecified atom stereocenters. The molecule has 9 heavy (non-hydrogen) atoms. The fourth-order valence-corrected chi connectivity index (χ4v) is 1.56. The van der Waals surface area contributed by atoms with Crippen molar-refractivity contribution in [2.24, 2.45) is 5.41 Å². The third kappa shape index (κ3) is 1.20. The van der Waals surface area contributed by atoms with E-state index in [2.05, 4.69) is 37.9 Å². The number of allylic oxidation sites excluding steroid dienone is 1. The Morgan fingerprint density at radius 1 is 1.67 bits per heavy atom. The SMILES string of the molecule is N#CC1(C(Br)=CBr)CC1. The molecule has 0 aromatic rings. The minimum atomic E-state index is -0.163. The molecule has 0 bridgehead atoms. The lowest BCUT2D eigenvalue weighted by molar-refractivity contribution is 0.866. The van der Waals surface area contributed by atoms with Crippen molar-refractivity contribution in [1.82, 2.24) is 0 Å². The first-order valence-electron chi connectivity index (χ1n) is 2.63. The first kappa shape index (κ1) is 7.30. The lowest BCUT2D eigenvalue weighted by Gasteiger charge is -1.99. The quantitative estimate of drug-likeness (QED) is 0.702. The standard InChI is InChI=1S/C6H5Br2N/c7-3-5(8)6(4-9)1-2-6/h3H,1-2H2. The van der Waals surface area contributed by atoms with Gasteiger partial charge in [-0.05, 0) is 17.8 Å². The van der Waals surface area contributed by atoms with Crippen molar-refractivity contribution in [2.45, 2.75) is 12.8 Å². The number of nitrogens with zero attached hydrogens (tertiary/aromatic N) is 1. The molecule has 0 amide bonds. The highest BCUT2D eigenvalue weighted by Gasteiger charge is 2.45. The van der Waals surface area contributed by atoms with Crippen LogP contribution < -0.4 is 0 Å². The third-order valence-corrected chi connectivity index (χ3v) is 3.58. The summed E-state index contributed by atoms with van der Waals surface area (Å²) in [6.07, 6.45) is 1.98. The van der Waals surface area contributed by atoms with E-state index in [-0.39, 0.29) is 5.41 Å². The number of halogens is 2. The lowest BCUT2D eigenvalue weighted by Crippen LogP contribution is -1.92. The molecule has 0 aromatic carbocycles. The summed E-state index contributed by atoms with van der Waals surface area (Å²) >= 11 is 6.48. The minimum Gasteiger partial charge on any atom is -0.197 e. The van der Waals surface area contributed by atoms with Crippen LogP contribution in [0.4, 0.5) is 0 Å². The maximum absolute atomic E-state index is 8.62. The first-order valence-corrected chi connectivity index (χ1v) is 4.34. The zero-order valence-electron chi connectivity index (χ0n) is 4.69. The summed E-state index contributed by atoms with van der Waals surface area (Å²) in [6, 6.07) is 2.26. The number of hydrogen-bond donors (Lipinski definition) is 0. The largest absolute Gasteiger partial charge is 0.197 e. The highest BCUT2D eigenvalue weighted by Crippen LogP contribution is 2.53. The van der Waals surface area contributed by atoms with Gasteiger partial charge < -0.3 is 0 Å². The van der Waals surface area contributed by atoms with Gasteiger partial charge in [0, 0.05) is 4.48 Å². The average molecular weight is 251 g/mol. The van der Waals surface area contributed by atoms with Crippen LogP contribution in [0.15, 0.2) is 9.47 Å². The van der Waals surface area contributed by atoms with Gasteiger partial charge in [-0.25, -0.2) is 0 Å². The second-order valence-electron chi connectivity index (χ2n) is 2.15. The van der Waals surface area contributed by atoms with Gasteiger partial charge in [-0.3, -0.25) is 0 Å². The third-order valence-electron chi connectivity index (χ3n) is 1.52. The molecule has 0 N–H and O–H groups in total. The maximum Gasteiger partial charge on any atom is 0.0893 e. The summed E-state index contributed by atoms with van der Waals surface area (Å²) in [5.74, 6) is 0. The van der Waals surface area contributed by atoms with Crippen molar-refractivity contribution < 1.29 is 0 Å². The van der Waals surface area contributed by atoms with E-state index < -0.39 is 0 Å². The summed E-state index contributed by atoms with van der Waals surface area (Å²) in [5, 5.41) is 8.62. The van der Waals surface area contributed by atoms with Crippen molar-refractivity contribution in [3.8, 4) is 6.07 Å². The van der Waals surface area contributed by atoms with Gasteiger partial charge in [-0.2, -0.15) is 5.26 Å². The van der Waals surface area contributed by atoms with Gasteiger partial charge in [0.25, 0.3) is 0 Å². The van der Waals surface area contributed by atoms with Crippen LogP contribution in [0.1, 0.15) is 12.8 Å². The molecule has 0 spiro atoms. The molecular weight excluding hydrogens is 246 g/mol. The monoisotopic (exact) mass is 249 g/mol. The topological polar surface area (TPSA) is 23.8 Å². The molecule has 0 heterocycles. The summed E-state index contributed by atoms with van der Waals surface area (Å²) in [6.45, 7) is 0. The molecule has 1 fully saturated rings. The van der Waals surface area contributed by atoms with Gasteiger partial charge in [-0.15, -0.1) is 0 Å². The molecule has 1 nitrogen and oxygen atoms in total. The van der Waals surface area contributed by atoms with Gasteiger partial charge in [-0.1, -0.05) is 31.9 Å².